The van der Waals surface area contributed by atoms with Gasteiger partial charge in [-0.25, -0.2) is 0 Å². The molecule has 2 aliphatic rings. The maximum absolute atomic E-state index is 12.7. The average Bonchev–Trinajstić information content (AvgIpc) is 2.67. The molecule has 25 heavy (non-hydrogen) atoms. The second-order valence-corrected chi connectivity index (χ2v) is 7.11. The summed E-state index contributed by atoms with van der Waals surface area (Å²) < 4.78 is 0. The number of likely N-dealkylation sites (tertiary alicyclic amines) is 2. The lowest BCUT2D eigenvalue weighted by Crippen LogP contribution is -2.46. The Morgan fingerprint density at radius 2 is 1.32 bits per heavy atom. The fourth-order valence-corrected chi connectivity index (χ4v) is 3.90. The maximum atomic E-state index is 12.7. The van der Waals surface area contributed by atoms with Crippen molar-refractivity contribution in [3.63, 3.8) is 0 Å². The van der Waals surface area contributed by atoms with Crippen LogP contribution in [0.3, 0.4) is 0 Å². The maximum Gasteiger partial charge on any atom is 0.225 e. The first kappa shape index (κ1) is 17.6. The van der Waals surface area contributed by atoms with Crippen LogP contribution >= 0.6 is 0 Å². The number of carbonyl (C=O) groups excluding carboxylic acids is 3. The van der Waals surface area contributed by atoms with Crippen LogP contribution in [0.5, 0.6) is 0 Å². The van der Waals surface area contributed by atoms with Gasteiger partial charge in [-0.1, -0.05) is 30.3 Å². The predicted molar refractivity (Wildman–Crippen MR) is 95.1 cm³/mol. The van der Waals surface area contributed by atoms with Crippen molar-refractivity contribution in [2.45, 2.75) is 32.6 Å². The van der Waals surface area contributed by atoms with Gasteiger partial charge in [-0.2, -0.15) is 0 Å². The first-order valence-corrected chi connectivity index (χ1v) is 9.20. The zero-order valence-electron chi connectivity index (χ0n) is 14.8. The monoisotopic (exact) mass is 342 g/mol. The Bertz CT molecular complexity index is 628. The van der Waals surface area contributed by atoms with Crippen LogP contribution in [0.2, 0.25) is 0 Å². The SMILES string of the molecule is CC(=O)N1CCC(C(=O)N2CCC(C(=O)c3ccccc3)CC2)CC1. The number of amides is 2. The molecule has 2 heterocycles. The molecule has 0 spiro atoms. The van der Waals surface area contributed by atoms with Crippen molar-refractivity contribution in [1.82, 2.24) is 9.80 Å². The minimum atomic E-state index is 0.0195. The summed E-state index contributed by atoms with van der Waals surface area (Å²) in [5, 5.41) is 0. The van der Waals surface area contributed by atoms with Crippen molar-refractivity contribution in [3.05, 3.63) is 35.9 Å². The van der Waals surface area contributed by atoms with Crippen molar-refractivity contribution in [2.24, 2.45) is 11.8 Å². The van der Waals surface area contributed by atoms with Crippen molar-refractivity contribution in [3.8, 4) is 0 Å². The highest BCUT2D eigenvalue weighted by atomic mass is 16.2. The second kappa shape index (κ2) is 7.81. The van der Waals surface area contributed by atoms with Gasteiger partial charge in [0.1, 0.15) is 0 Å². The minimum Gasteiger partial charge on any atom is -0.343 e. The predicted octanol–water partition coefficient (Wildman–Crippen LogP) is 2.37. The van der Waals surface area contributed by atoms with Crippen molar-refractivity contribution in [1.29, 1.82) is 0 Å². The lowest BCUT2D eigenvalue weighted by atomic mass is 9.87. The molecule has 2 saturated heterocycles. The van der Waals surface area contributed by atoms with E-state index in [2.05, 4.69) is 0 Å². The van der Waals surface area contributed by atoms with E-state index < -0.39 is 0 Å². The molecule has 0 atom stereocenters. The lowest BCUT2D eigenvalue weighted by Gasteiger charge is -2.36. The molecular weight excluding hydrogens is 316 g/mol. The molecular formula is C20H26N2O3. The van der Waals surface area contributed by atoms with Crippen molar-refractivity contribution >= 4 is 17.6 Å². The highest BCUT2D eigenvalue weighted by Crippen LogP contribution is 2.25. The number of ketones is 1. The Labute approximate surface area is 149 Å². The van der Waals surface area contributed by atoms with E-state index in [0.717, 1.165) is 31.2 Å². The molecule has 0 saturated carbocycles. The smallest absolute Gasteiger partial charge is 0.225 e. The fraction of sp³-hybridized carbons (Fsp3) is 0.550. The number of benzene rings is 1. The van der Waals surface area contributed by atoms with Gasteiger partial charge < -0.3 is 9.80 Å². The summed E-state index contributed by atoms with van der Waals surface area (Å²) in [6.07, 6.45) is 2.99. The Morgan fingerprint density at radius 1 is 0.800 bits per heavy atom. The zero-order chi connectivity index (χ0) is 17.8. The van der Waals surface area contributed by atoms with Crippen LogP contribution < -0.4 is 0 Å². The molecule has 0 radical (unpaired) electrons. The third-order valence-electron chi connectivity index (χ3n) is 5.53. The largest absolute Gasteiger partial charge is 0.343 e. The van der Waals surface area contributed by atoms with Crippen LogP contribution in [0, 0.1) is 11.8 Å². The number of piperidine rings is 2. The Hall–Kier alpha value is -2.17. The van der Waals surface area contributed by atoms with Crippen LogP contribution in [0.4, 0.5) is 0 Å². The number of Topliss-reactive ketones (excluding diaryl/α,β-unsaturated/α-hetero) is 1. The van der Waals surface area contributed by atoms with E-state index in [1.54, 1.807) is 6.92 Å². The number of nitrogens with zero attached hydrogens (tertiary/aromatic N) is 2. The molecule has 2 fully saturated rings. The quantitative estimate of drug-likeness (QED) is 0.793. The molecule has 0 bridgehead atoms. The molecule has 5 nitrogen and oxygen atoms in total. The molecule has 0 aromatic heterocycles. The van der Waals surface area contributed by atoms with Gasteiger partial charge >= 0.3 is 0 Å². The van der Waals surface area contributed by atoms with Crippen molar-refractivity contribution < 1.29 is 14.4 Å². The Balaban J connectivity index is 1.50. The van der Waals surface area contributed by atoms with Gasteiger partial charge in [-0.3, -0.25) is 14.4 Å². The topological polar surface area (TPSA) is 57.7 Å². The van der Waals surface area contributed by atoms with E-state index in [-0.39, 0.29) is 29.4 Å². The standard InChI is InChI=1S/C20H26N2O3/c1-15(23)21-11-9-18(10-12-21)20(25)22-13-7-17(8-14-22)19(24)16-5-3-2-4-6-16/h2-6,17-18H,7-14H2,1H3. The highest BCUT2D eigenvalue weighted by molar-refractivity contribution is 5.98. The molecule has 134 valence electrons. The van der Waals surface area contributed by atoms with Crippen LogP contribution in [-0.4, -0.2) is 53.6 Å². The molecule has 1 aromatic carbocycles. The summed E-state index contributed by atoms with van der Waals surface area (Å²) >= 11 is 0. The van der Waals surface area contributed by atoms with E-state index in [4.69, 9.17) is 0 Å². The van der Waals surface area contributed by atoms with Gasteiger partial charge in [0.2, 0.25) is 11.8 Å². The van der Waals surface area contributed by atoms with Gasteiger partial charge in [-0.05, 0) is 25.7 Å². The number of carbonyl (C=O) groups is 3. The Kier molecular flexibility index (Phi) is 5.51. The fourth-order valence-electron chi connectivity index (χ4n) is 3.90. The van der Waals surface area contributed by atoms with Gasteiger partial charge in [0.25, 0.3) is 0 Å². The molecule has 5 heteroatoms. The van der Waals surface area contributed by atoms with Crippen LogP contribution in [0.25, 0.3) is 0 Å². The summed E-state index contributed by atoms with van der Waals surface area (Å²) in [6.45, 7) is 4.25. The second-order valence-electron chi connectivity index (χ2n) is 7.11. The molecule has 0 unspecified atom stereocenters. The van der Waals surface area contributed by atoms with E-state index in [9.17, 15) is 14.4 Å². The van der Waals surface area contributed by atoms with Gasteiger partial charge in [-0.15, -0.1) is 0 Å². The van der Waals surface area contributed by atoms with E-state index >= 15 is 0 Å². The third kappa shape index (κ3) is 4.09. The summed E-state index contributed by atoms with van der Waals surface area (Å²) in [7, 11) is 0. The normalized spacial score (nSPS) is 19.7. The zero-order valence-corrected chi connectivity index (χ0v) is 14.8. The van der Waals surface area contributed by atoms with Crippen LogP contribution in [0.15, 0.2) is 30.3 Å². The molecule has 3 rings (SSSR count). The first-order valence-electron chi connectivity index (χ1n) is 9.20. The van der Waals surface area contributed by atoms with E-state index in [1.165, 1.54) is 0 Å². The molecule has 2 aliphatic heterocycles. The third-order valence-corrected chi connectivity index (χ3v) is 5.53. The van der Waals surface area contributed by atoms with Crippen LogP contribution in [0.1, 0.15) is 43.0 Å². The summed E-state index contributed by atoms with van der Waals surface area (Å²) in [4.78, 5) is 40.4. The summed E-state index contributed by atoms with van der Waals surface area (Å²) in [5.41, 5.74) is 0.767. The van der Waals surface area contributed by atoms with E-state index in [0.29, 0.717) is 26.2 Å². The number of hydrogen-bond donors (Lipinski definition) is 0. The highest BCUT2D eigenvalue weighted by Gasteiger charge is 2.33. The van der Waals surface area contributed by atoms with Crippen LogP contribution in [-0.2, 0) is 9.59 Å². The number of hydrogen-bond acceptors (Lipinski definition) is 3. The summed E-state index contributed by atoms with van der Waals surface area (Å²) in [5.74, 6) is 0.533. The molecule has 1 aromatic rings. The molecule has 2 amide bonds. The van der Waals surface area contributed by atoms with Gasteiger partial charge in [0.05, 0.1) is 0 Å². The first-order chi connectivity index (χ1) is 12.1. The average molecular weight is 342 g/mol. The van der Waals surface area contributed by atoms with Gasteiger partial charge in [0.15, 0.2) is 5.78 Å². The van der Waals surface area contributed by atoms with Crippen molar-refractivity contribution in [2.75, 3.05) is 26.2 Å². The minimum absolute atomic E-state index is 0.0195. The summed E-state index contributed by atoms with van der Waals surface area (Å²) in [6, 6.07) is 9.42. The Morgan fingerprint density at radius 3 is 1.88 bits per heavy atom. The van der Waals surface area contributed by atoms with Gasteiger partial charge in [0, 0.05) is 50.5 Å². The number of rotatable bonds is 3. The molecule has 0 aliphatic carbocycles. The molecule has 0 N–H and O–H groups in total. The lowest BCUT2D eigenvalue weighted by molar-refractivity contribution is -0.141. The van der Waals surface area contributed by atoms with E-state index in [1.807, 2.05) is 40.1 Å².